The number of hydrogen-bond donors (Lipinski definition) is 1. The summed E-state index contributed by atoms with van der Waals surface area (Å²) in [6.07, 6.45) is -1.02. The predicted octanol–water partition coefficient (Wildman–Crippen LogP) is 3.29. The average Bonchev–Trinajstić information content (AvgIpc) is 2.88. The highest BCUT2D eigenvalue weighted by molar-refractivity contribution is 7.92. The Morgan fingerprint density at radius 2 is 1.65 bits per heavy atom. The van der Waals surface area contributed by atoms with Gasteiger partial charge < -0.3 is 19.5 Å². The maximum atomic E-state index is 13.4. The molecule has 0 fully saturated rings. The Balaban J connectivity index is 1.38. The molecule has 3 aromatic rings. The van der Waals surface area contributed by atoms with Crippen molar-refractivity contribution < 1.29 is 27.4 Å². The minimum absolute atomic E-state index is 0.145. The predicted molar refractivity (Wildman–Crippen MR) is 126 cm³/mol. The van der Waals surface area contributed by atoms with Crippen LogP contribution in [0.2, 0.25) is 0 Å². The summed E-state index contributed by atoms with van der Waals surface area (Å²) < 4.78 is 45.2. The van der Waals surface area contributed by atoms with Crippen LogP contribution < -0.4 is 23.8 Å². The normalized spacial score (nSPS) is 17.8. The van der Waals surface area contributed by atoms with E-state index in [2.05, 4.69) is 5.32 Å². The molecule has 0 aromatic heterocycles. The molecule has 0 saturated carbocycles. The molecule has 2 heterocycles. The number of fused-ring (bicyclic) bond motifs is 2. The number of carbonyl (C=O) groups is 1. The lowest BCUT2D eigenvalue weighted by Crippen LogP contribution is -2.51. The van der Waals surface area contributed by atoms with E-state index in [1.807, 2.05) is 25.1 Å². The number of benzene rings is 3. The summed E-state index contributed by atoms with van der Waals surface area (Å²) in [5.41, 5.74) is 1.23. The van der Waals surface area contributed by atoms with Gasteiger partial charge in [-0.2, -0.15) is 0 Å². The van der Waals surface area contributed by atoms with Gasteiger partial charge in [0.25, 0.3) is 15.9 Å². The van der Waals surface area contributed by atoms with E-state index >= 15 is 0 Å². The van der Waals surface area contributed by atoms with Crippen LogP contribution in [-0.2, 0) is 14.8 Å². The first-order chi connectivity index (χ1) is 16.4. The fourth-order valence-electron chi connectivity index (χ4n) is 4.01. The number of rotatable bonds is 5. The summed E-state index contributed by atoms with van der Waals surface area (Å²) >= 11 is 0. The zero-order valence-electron chi connectivity index (χ0n) is 18.5. The Labute approximate surface area is 198 Å². The fraction of sp³-hybridized carbons (Fsp3) is 0.240. The highest BCUT2D eigenvalue weighted by Gasteiger charge is 2.37. The van der Waals surface area contributed by atoms with Crippen molar-refractivity contribution in [2.24, 2.45) is 0 Å². The third-order valence-electron chi connectivity index (χ3n) is 5.78. The van der Waals surface area contributed by atoms with Gasteiger partial charge in [-0.25, -0.2) is 8.42 Å². The molecular weight excluding hydrogens is 456 g/mol. The molecule has 0 saturated heterocycles. The number of ether oxygens (including phenoxy) is 3. The maximum absolute atomic E-state index is 13.4. The first kappa shape index (κ1) is 22.1. The van der Waals surface area contributed by atoms with Crippen LogP contribution in [0.25, 0.3) is 0 Å². The van der Waals surface area contributed by atoms with Crippen LogP contribution in [0.1, 0.15) is 18.5 Å². The van der Waals surface area contributed by atoms with Crippen molar-refractivity contribution in [3.8, 4) is 17.2 Å². The standard InChI is InChI=1S/C25H24N2O6S/c1-17(18-11-12-22-23(15-18)32-14-13-31-22)26-25(28)24-16-27(20-9-5-6-10-21(20)33-24)34(29,30)19-7-3-2-4-8-19/h2-12,15,17,24H,13-14,16H2,1H3,(H,26,28)/t17-,24+/m0/s1. The Kier molecular flexibility index (Phi) is 5.79. The molecule has 1 amide bonds. The molecule has 8 nitrogen and oxygen atoms in total. The van der Waals surface area contributed by atoms with Crippen LogP contribution in [0.4, 0.5) is 5.69 Å². The number of nitrogens with one attached hydrogen (secondary N) is 1. The molecule has 0 spiro atoms. The van der Waals surface area contributed by atoms with Crippen LogP contribution in [0.15, 0.2) is 77.7 Å². The van der Waals surface area contributed by atoms with E-state index in [1.54, 1.807) is 42.5 Å². The molecule has 0 aliphatic carbocycles. The molecular formula is C25H24N2O6S. The van der Waals surface area contributed by atoms with E-state index in [0.29, 0.717) is 36.1 Å². The van der Waals surface area contributed by atoms with Crippen LogP contribution in [-0.4, -0.2) is 40.2 Å². The van der Waals surface area contributed by atoms with Gasteiger partial charge in [-0.05, 0) is 48.9 Å². The van der Waals surface area contributed by atoms with Crippen molar-refractivity contribution in [3.05, 3.63) is 78.4 Å². The molecule has 9 heteroatoms. The zero-order chi connectivity index (χ0) is 23.7. The van der Waals surface area contributed by atoms with Crippen molar-refractivity contribution in [1.82, 2.24) is 5.32 Å². The third kappa shape index (κ3) is 4.14. The maximum Gasteiger partial charge on any atom is 0.264 e. The van der Waals surface area contributed by atoms with Crippen LogP contribution >= 0.6 is 0 Å². The Hall–Kier alpha value is -3.72. The monoisotopic (exact) mass is 480 g/mol. The van der Waals surface area contributed by atoms with Gasteiger partial charge >= 0.3 is 0 Å². The van der Waals surface area contributed by atoms with Crippen molar-refractivity contribution >= 4 is 21.6 Å². The second-order valence-electron chi connectivity index (χ2n) is 8.06. The lowest BCUT2D eigenvalue weighted by atomic mass is 10.1. The van der Waals surface area contributed by atoms with Gasteiger partial charge in [0.05, 0.1) is 23.2 Å². The molecule has 34 heavy (non-hydrogen) atoms. The first-order valence-corrected chi connectivity index (χ1v) is 12.4. The van der Waals surface area contributed by atoms with Gasteiger partial charge in [0, 0.05) is 0 Å². The molecule has 1 N–H and O–H groups in total. The molecule has 176 valence electrons. The minimum Gasteiger partial charge on any atom is -0.486 e. The number of nitrogens with zero attached hydrogens (tertiary/aromatic N) is 1. The number of para-hydroxylation sites is 2. The molecule has 2 atom stereocenters. The van der Waals surface area contributed by atoms with Crippen molar-refractivity contribution in [3.63, 3.8) is 0 Å². The molecule has 0 bridgehead atoms. The fourth-order valence-corrected chi connectivity index (χ4v) is 5.50. The Bertz CT molecular complexity index is 1310. The summed E-state index contributed by atoms with van der Waals surface area (Å²) in [6, 6.07) is 20.1. The number of anilines is 1. The largest absolute Gasteiger partial charge is 0.486 e. The second-order valence-corrected chi connectivity index (χ2v) is 9.92. The number of carbonyl (C=O) groups excluding carboxylic acids is 1. The summed E-state index contributed by atoms with van der Waals surface area (Å²) in [7, 11) is -3.89. The molecule has 0 radical (unpaired) electrons. The molecule has 3 aromatic carbocycles. The first-order valence-electron chi connectivity index (χ1n) is 11.0. The van der Waals surface area contributed by atoms with Gasteiger partial charge in [0.1, 0.15) is 19.0 Å². The van der Waals surface area contributed by atoms with Crippen molar-refractivity contribution in [1.29, 1.82) is 0 Å². The molecule has 5 rings (SSSR count). The van der Waals surface area contributed by atoms with Gasteiger partial charge in [-0.15, -0.1) is 0 Å². The highest BCUT2D eigenvalue weighted by Crippen LogP contribution is 2.37. The molecule has 0 unspecified atom stereocenters. The van der Waals surface area contributed by atoms with Crippen molar-refractivity contribution in [2.75, 3.05) is 24.1 Å². The lowest BCUT2D eigenvalue weighted by molar-refractivity contribution is -0.128. The van der Waals surface area contributed by atoms with Crippen LogP contribution in [0.3, 0.4) is 0 Å². The second kappa shape index (κ2) is 8.90. The van der Waals surface area contributed by atoms with Gasteiger partial charge in [0.15, 0.2) is 17.6 Å². The Morgan fingerprint density at radius 1 is 0.941 bits per heavy atom. The lowest BCUT2D eigenvalue weighted by Gasteiger charge is -2.35. The average molecular weight is 481 g/mol. The molecule has 2 aliphatic rings. The minimum atomic E-state index is -3.89. The van der Waals surface area contributed by atoms with E-state index in [9.17, 15) is 13.2 Å². The van der Waals surface area contributed by atoms with Gasteiger partial charge in [0.2, 0.25) is 0 Å². The van der Waals surface area contributed by atoms with E-state index in [1.165, 1.54) is 16.4 Å². The van der Waals surface area contributed by atoms with E-state index in [-0.39, 0.29) is 17.5 Å². The summed E-state index contributed by atoms with van der Waals surface area (Å²) in [5.74, 6) is 1.22. The van der Waals surface area contributed by atoms with Crippen molar-refractivity contribution in [2.45, 2.75) is 24.0 Å². The molecule has 2 aliphatic heterocycles. The highest BCUT2D eigenvalue weighted by atomic mass is 32.2. The van der Waals surface area contributed by atoms with Gasteiger partial charge in [-0.3, -0.25) is 9.10 Å². The van der Waals surface area contributed by atoms with E-state index in [0.717, 1.165) is 5.56 Å². The quantitative estimate of drug-likeness (QED) is 0.602. The topological polar surface area (TPSA) is 94.2 Å². The SMILES string of the molecule is C[C@H](NC(=O)[C@H]1CN(S(=O)(=O)c2ccccc2)c2ccccc2O1)c1ccc2c(c1)OCCO2. The Morgan fingerprint density at radius 3 is 2.44 bits per heavy atom. The van der Waals surface area contributed by atoms with E-state index < -0.39 is 22.0 Å². The van der Waals surface area contributed by atoms with Crippen LogP contribution in [0.5, 0.6) is 17.2 Å². The number of amides is 1. The third-order valence-corrected chi connectivity index (χ3v) is 7.58. The number of sulfonamides is 1. The zero-order valence-corrected chi connectivity index (χ0v) is 19.3. The van der Waals surface area contributed by atoms with E-state index in [4.69, 9.17) is 14.2 Å². The summed E-state index contributed by atoms with van der Waals surface area (Å²) in [6.45, 7) is 2.67. The summed E-state index contributed by atoms with van der Waals surface area (Å²) in [4.78, 5) is 13.3. The smallest absolute Gasteiger partial charge is 0.264 e. The van der Waals surface area contributed by atoms with Gasteiger partial charge in [-0.1, -0.05) is 36.4 Å². The summed E-state index contributed by atoms with van der Waals surface area (Å²) in [5, 5.41) is 2.93. The van der Waals surface area contributed by atoms with Crippen LogP contribution in [0, 0.1) is 0 Å². The number of hydrogen-bond acceptors (Lipinski definition) is 6.